The number of hydrogen-bond acceptors (Lipinski definition) is 5. The number of nitrogens with one attached hydrogen (secondary N) is 1. The molecule has 0 spiro atoms. The van der Waals surface area contributed by atoms with Crippen molar-refractivity contribution < 1.29 is 9.53 Å². The molecular formula is C10H15N3O2S. The van der Waals surface area contributed by atoms with Gasteiger partial charge in [-0.05, 0) is 13.8 Å². The number of aryl methyl sites for hydroxylation is 2. The lowest BCUT2D eigenvalue weighted by atomic mass is 10.0. The van der Waals surface area contributed by atoms with Crippen molar-refractivity contribution in [1.82, 2.24) is 4.98 Å². The molecule has 1 fully saturated rings. The molecule has 0 saturated carbocycles. The van der Waals surface area contributed by atoms with Gasteiger partial charge in [-0.1, -0.05) is 0 Å². The molecule has 1 aromatic heterocycles. The van der Waals surface area contributed by atoms with Gasteiger partial charge in [-0.2, -0.15) is 0 Å². The van der Waals surface area contributed by atoms with E-state index in [-0.39, 0.29) is 17.9 Å². The van der Waals surface area contributed by atoms with E-state index in [9.17, 15) is 4.79 Å². The van der Waals surface area contributed by atoms with Crippen LogP contribution in [0.4, 0.5) is 5.13 Å². The molecule has 88 valence electrons. The maximum absolute atomic E-state index is 11.8. The second-order valence-electron chi connectivity index (χ2n) is 3.96. The van der Waals surface area contributed by atoms with E-state index in [1.165, 1.54) is 11.3 Å². The Balaban J connectivity index is 2.01. The van der Waals surface area contributed by atoms with Gasteiger partial charge in [0.2, 0.25) is 5.91 Å². The Morgan fingerprint density at radius 3 is 2.81 bits per heavy atom. The topological polar surface area (TPSA) is 77.2 Å². The Kier molecular flexibility index (Phi) is 3.22. The van der Waals surface area contributed by atoms with E-state index in [4.69, 9.17) is 10.5 Å². The molecule has 1 aliphatic heterocycles. The zero-order chi connectivity index (χ0) is 11.7. The first-order valence-electron chi connectivity index (χ1n) is 5.16. The third kappa shape index (κ3) is 2.23. The summed E-state index contributed by atoms with van der Waals surface area (Å²) < 4.78 is 5.15. The molecular weight excluding hydrogens is 226 g/mol. The maximum Gasteiger partial charge on any atom is 0.233 e. The SMILES string of the molecule is Cc1nc(NC(=O)C2COCC2N)sc1C. The van der Waals surface area contributed by atoms with Crippen molar-refractivity contribution in [3.8, 4) is 0 Å². The minimum absolute atomic E-state index is 0.0984. The van der Waals surface area contributed by atoms with Crippen LogP contribution in [-0.2, 0) is 9.53 Å². The average molecular weight is 241 g/mol. The molecule has 1 aliphatic rings. The van der Waals surface area contributed by atoms with Crippen LogP contribution < -0.4 is 11.1 Å². The molecule has 1 saturated heterocycles. The summed E-state index contributed by atoms with van der Waals surface area (Å²) in [5, 5.41) is 3.42. The minimum Gasteiger partial charge on any atom is -0.379 e. The zero-order valence-electron chi connectivity index (χ0n) is 9.32. The number of hydrogen-bond donors (Lipinski definition) is 2. The normalized spacial score (nSPS) is 24.7. The summed E-state index contributed by atoms with van der Waals surface area (Å²) in [5.41, 5.74) is 6.72. The number of nitrogens with zero attached hydrogens (tertiary/aromatic N) is 1. The molecule has 16 heavy (non-hydrogen) atoms. The van der Waals surface area contributed by atoms with Crippen molar-refractivity contribution in [2.75, 3.05) is 18.5 Å². The number of carbonyl (C=O) groups is 1. The molecule has 6 heteroatoms. The number of rotatable bonds is 2. The minimum atomic E-state index is -0.260. The van der Waals surface area contributed by atoms with Gasteiger partial charge in [-0.15, -0.1) is 11.3 Å². The van der Waals surface area contributed by atoms with E-state index in [0.717, 1.165) is 10.6 Å². The number of nitrogens with two attached hydrogens (primary N) is 1. The third-order valence-corrected chi connectivity index (χ3v) is 3.71. The standard InChI is InChI=1S/C10H15N3O2S/c1-5-6(2)16-10(12-5)13-9(14)7-3-15-4-8(7)11/h7-8H,3-4,11H2,1-2H3,(H,12,13,14). The van der Waals surface area contributed by atoms with E-state index in [0.29, 0.717) is 18.3 Å². The summed E-state index contributed by atoms with van der Waals surface area (Å²) in [7, 11) is 0. The van der Waals surface area contributed by atoms with Crippen molar-refractivity contribution in [3.05, 3.63) is 10.6 Å². The van der Waals surface area contributed by atoms with E-state index >= 15 is 0 Å². The fourth-order valence-electron chi connectivity index (χ4n) is 1.57. The highest BCUT2D eigenvalue weighted by molar-refractivity contribution is 7.15. The monoisotopic (exact) mass is 241 g/mol. The molecule has 1 aromatic rings. The molecule has 0 aliphatic carbocycles. The number of thiazole rings is 1. The second-order valence-corrected chi connectivity index (χ2v) is 5.16. The molecule has 3 N–H and O–H groups in total. The van der Waals surface area contributed by atoms with E-state index in [1.807, 2.05) is 13.8 Å². The van der Waals surface area contributed by atoms with Crippen LogP contribution in [0.25, 0.3) is 0 Å². The molecule has 2 unspecified atom stereocenters. The number of carbonyl (C=O) groups excluding carboxylic acids is 1. The largest absolute Gasteiger partial charge is 0.379 e. The lowest BCUT2D eigenvalue weighted by Crippen LogP contribution is -2.37. The number of amides is 1. The van der Waals surface area contributed by atoms with E-state index < -0.39 is 0 Å². The van der Waals surface area contributed by atoms with Gasteiger partial charge in [0, 0.05) is 10.9 Å². The van der Waals surface area contributed by atoms with Crippen LogP contribution in [0.2, 0.25) is 0 Å². The van der Waals surface area contributed by atoms with Gasteiger partial charge in [-0.3, -0.25) is 4.79 Å². The van der Waals surface area contributed by atoms with Crippen molar-refractivity contribution in [2.45, 2.75) is 19.9 Å². The van der Waals surface area contributed by atoms with E-state index in [2.05, 4.69) is 10.3 Å². The Morgan fingerprint density at radius 1 is 1.56 bits per heavy atom. The molecule has 2 atom stereocenters. The first kappa shape index (κ1) is 11.5. The molecule has 0 bridgehead atoms. The molecule has 0 aromatic carbocycles. The average Bonchev–Trinajstić information content (AvgIpc) is 2.74. The van der Waals surface area contributed by atoms with Gasteiger partial charge in [0.05, 0.1) is 24.8 Å². The summed E-state index contributed by atoms with van der Waals surface area (Å²) in [4.78, 5) is 17.2. The van der Waals surface area contributed by atoms with Gasteiger partial charge < -0.3 is 15.8 Å². The van der Waals surface area contributed by atoms with Crippen LogP contribution in [0.5, 0.6) is 0 Å². The van der Waals surface area contributed by atoms with Gasteiger partial charge in [0.1, 0.15) is 0 Å². The van der Waals surface area contributed by atoms with Crippen molar-refractivity contribution in [1.29, 1.82) is 0 Å². The molecule has 1 amide bonds. The number of aromatic nitrogens is 1. The molecule has 2 rings (SSSR count). The van der Waals surface area contributed by atoms with Gasteiger partial charge in [0.25, 0.3) is 0 Å². The molecule has 5 nitrogen and oxygen atoms in total. The van der Waals surface area contributed by atoms with Crippen LogP contribution in [0.15, 0.2) is 0 Å². The van der Waals surface area contributed by atoms with Gasteiger partial charge in [0.15, 0.2) is 5.13 Å². The second kappa shape index (κ2) is 4.48. The lowest BCUT2D eigenvalue weighted by molar-refractivity contribution is -0.120. The van der Waals surface area contributed by atoms with E-state index in [1.54, 1.807) is 0 Å². The van der Waals surface area contributed by atoms with Crippen LogP contribution >= 0.6 is 11.3 Å². The summed E-state index contributed by atoms with van der Waals surface area (Å²) in [5.74, 6) is -0.358. The smallest absolute Gasteiger partial charge is 0.233 e. The quantitative estimate of drug-likeness (QED) is 0.798. The highest BCUT2D eigenvalue weighted by atomic mass is 32.1. The summed E-state index contributed by atoms with van der Waals surface area (Å²) in [6, 6.07) is -0.206. The number of anilines is 1. The Hall–Kier alpha value is -0.980. The summed E-state index contributed by atoms with van der Waals surface area (Å²) in [6.07, 6.45) is 0. The van der Waals surface area contributed by atoms with Gasteiger partial charge in [-0.25, -0.2) is 4.98 Å². The van der Waals surface area contributed by atoms with Gasteiger partial charge >= 0.3 is 0 Å². The Labute approximate surface area is 98.0 Å². The van der Waals surface area contributed by atoms with Crippen molar-refractivity contribution >= 4 is 22.4 Å². The Morgan fingerprint density at radius 2 is 2.31 bits per heavy atom. The Bertz CT molecular complexity index is 385. The summed E-state index contributed by atoms with van der Waals surface area (Å²) in [6.45, 7) is 4.75. The fraction of sp³-hybridized carbons (Fsp3) is 0.600. The first-order chi connectivity index (χ1) is 7.58. The van der Waals surface area contributed by atoms with Crippen molar-refractivity contribution in [3.63, 3.8) is 0 Å². The maximum atomic E-state index is 11.8. The fourth-order valence-corrected chi connectivity index (χ4v) is 2.38. The van der Waals surface area contributed by atoms with Crippen LogP contribution in [-0.4, -0.2) is 30.1 Å². The van der Waals surface area contributed by atoms with Crippen molar-refractivity contribution in [2.24, 2.45) is 11.7 Å². The van der Waals surface area contributed by atoms with Crippen LogP contribution in [0.1, 0.15) is 10.6 Å². The zero-order valence-corrected chi connectivity index (χ0v) is 10.1. The predicted molar refractivity (Wildman–Crippen MR) is 62.5 cm³/mol. The highest BCUT2D eigenvalue weighted by Gasteiger charge is 2.31. The highest BCUT2D eigenvalue weighted by Crippen LogP contribution is 2.22. The predicted octanol–water partition coefficient (Wildman–Crippen LogP) is 0.672. The third-order valence-electron chi connectivity index (χ3n) is 2.72. The first-order valence-corrected chi connectivity index (χ1v) is 5.98. The lowest BCUT2D eigenvalue weighted by Gasteiger charge is -2.11. The molecule has 2 heterocycles. The molecule has 0 radical (unpaired) electrons. The summed E-state index contributed by atoms with van der Waals surface area (Å²) >= 11 is 1.48. The van der Waals surface area contributed by atoms with Crippen LogP contribution in [0, 0.1) is 19.8 Å². The van der Waals surface area contributed by atoms with Crippen LogP contribution in [0.3, 0.4) is 0 Å². The number of ether oxygens (including phenoxy) is 1.